The highest BCUT2D eigenvalue weighted by atomic mass is 31.1. The van der Waals surface area contributed by atoms with E-state index in [1.807, 2.05) is 12.1 Å². The Morgan fingerprint density at radius 1 is 0.306 bits per heavy atom. The van der Waals surface area contributed by atoms with Crippen LogP contribution in [0.25, 0.3) is 66.4 Å². The normalized spacial score (nSPS) is 13.9. The van der Waals surface area contributed by atoms with Gasteiger partial charge in [-0.25, -0.2) is 0 Å². The van der Waals surface area contributed by atoms with Crippen molar-refractivity contribution >= 4 is 30.2 Å². The maximum absolute atomic E-state index is 12.6. The Morgan fingerprint density at radius 2 is 0.569 bits per heavy atom. The summed E-state index contributed by atoms with van der Waals surface area (Å²) < 4.78 is 14.0. The van der Waals surface area contributed by atoms with E-state index in [9.17, 15) is 4.89 Å². The number of hydrogen-bond acceptors (Lipinski definition) is 3. The Labute approximate surface area is 436 Å². The van der Waals surface area contributed by atoms with Gasteiger partial charge in [0, 0.05) is 22.3 Å². The second-order valence-electron chi connectivity index (χ2n) is 29.2. The van der Waals surface area contributed by atoms with Gasteiger partial charge in [0.05, 0.1) is 0 Å². The Balaban J connectivity index is 2.02. The molecule has 0 aliphatic rings. The Morgan fingerprint density at radius 3 is 0.819 bits per heavy atom. The van der Waals surface area contributed by atoms with Crippen molar-refractivity contribution in [3.05, 3.63) is 142 Å². The zero-order chi connectivity index (χ0) is 53.9. The Kier molecular flexibility index (Phi) is 13.9. The molecule has 0 saturated carbocycles. The van der Waals surface area contributed by atoms with E-state index >= 15 is 0 Å². The van der Waals surface area contributed by atoms with Crippen molar-refractivity contribution in [3.63, 3.8) is 0 Å². The fraction of sp³-hybridized carbons (Fsp3) is 0.471. The molecule has 0 saturated heterocycles. The van der Waals surface area contributed by atoms with Crippen LogP contribution in [-0.2, 0) is 43.3 Å². The molecule has 4 heterocycles. The van der Waals surface area contributed by atoms with E-state index in [0.29, 0.717) is 11.2 Å². The smallest absolute Gasteiger partial charge is 0.384 e. The van der Waals surface area contributed by atoms with Crippen LogP contribution in [0.5, 0.6) is 0 Å². The van der Waals surface area contributed by atoms with Crippen LogP contribution in [0.1, 0.15) is 211 Å². The van der Waals surface area contributed by atoms with Gasteiger partial charge in [-0.05, 0) is 133 Å². The van der Waals surface area contributed by atoms with Crippen LogP contribution in [0, 0.1) is 0 Å². The van der Waals surface area contributed by atoms with Crippen molar-refractivity contribution in [1.29, 1.82) is 0 Å². The maximum atomic E-state index is 12.6. The molecule has 0 amide bonds. The van der Waals surface area contributed by atoms with Gasteiger partial charge < -0.3 is 8.39 Å². The Hall–Kier alpha value is -4.82. The summed E-state index contributed by atoms with van der Waals surface area (Å²) in [6, 6.07) is 37.1. The minimum atomic E-state index is -2.52. The SMILES string of the molecule is CC(C)(C)c1ccc(-c2c(-c3ccc(C(C)(C)C)cc3C(C)(C)C)c3c(-c4ccc(C(C)(C)C)cc4C(C)(C)C)c(-c4ccc(C(C)(C)C)cc4C(C)(C)C)c2op(O)oc2ccc3cc2)c(C(C)(C)C)c1. The molecule has 6 aromatic carbocycles. The van der Waals surface area contributed by atoms with Crippen LogP contribution < -0.4 is 0 Å². The quantitative estimate of drug-likeness (QED) is 0.191. The first-order chi connectivity index (χ1) is 32.7. The molecular formula is C68H89O3P. The van der Waals surface area contributed by atoms with Crippen molar-refractivity contribution < 1.29 is 13.3 Å². The lowest BCUT2D eigenvalue weighted by atomic mass is 9.69. The van der Waals surface area contributed by atoms with Crippen LogP contribution in [0.15, 0.2) is 105 Å². The minimum Gasteiger partial charge on any atom is -0.400 e. The van der Waals surface area contributed by atoms with E-state index in [4.69, 9.17) is 8.39 Å². The highest BCUT2D eigenvalue weighted by Crippen LogP contribution is 2.57. The summed E-state index contributed by atoms with van der Waals surface area (Å²) in [5.74, 6) is 0. The minimum absolute atomic E-state index is 0.0900. The summed E-state index contributed by atoms with van der Waals surface area (Å²) in [4.78, 5) is 12.6. The Bertz CT molecular complexity index is 3040. The molecule has 4 aromatic heterocycles. The summed E-state index contributed by atoms with van der Waals surface area (Å²) in [5.41, 5.74) is 18.3. The van der Waals surface area contributed by atoms with Gasteiger partial charge in [0.25, 0.3) is 0 Å². The third kappa shape index (κ3) is 10.9. The molecule has 0 aliphatic heterocycles. The fourth-order valence-electron chi connectivity index (χ4n) is 10.4. The number of benzene rings is 6. The standard InChI is InChI=1S/C68H89O3P/c1-61(2,3)42-27-33-47(51(37-42)65(13,14)15)56-55-41-25-31-46(32-26-41)70-72(69)71-60(58(56)49-35-29-44(63(7,8)9)39-53(49)67(19,20)21)59(50-36-30-45(64(10,11)12)40-54(50)68(22,23)24)57(55)48-34-28-43(62(4,5)6)38-52(48)66(16,17)18/h25-40,69H,1-24H3. The van der Waals surface area contributed by atoms with E-state index in [1.54, 1.807) is 0 Å². The molecule has 384 valence electrons. The summed E-state index contributed by atoms with van der Waals surface area (Å²) in [6.45, 7) is 55.7. The first-order valence-corrected chi connectivity index (χ1v) is 27.6. The monoisotopic (exact) mass is 985 g/mol. The molecule has 4 heteroatoms. The predicted octanol–water partition coefficient (Wildman–Crippen LogP) is 21.1. The van der Waals surface area contributed by atoms with Crippen molar-refractivity contribution in [2.45, 2.75) is 209 Å². The highest BCUT2D eigenvalue weighted by molar-refractivity contribution is 7.30. The molecule has 3 nitrogen and oxygen atoms in total. The lowest BCUT2D eigenvalue weighted by molar-refractivity contribution is 0.493. The van der Waals surface area contributed by atoms with E-state index in [2.05, 4.69) is 251 Å². The van der Waals surface area contributed by atoms with Crippen LogP contribution in [-0.4, -0.2) is 4.89 Å². The van der Waals surface area contributed by atoms with Gasteiger partial charge >= 0.3 is 8.24 Å². The van der Waals surface area contributed by atoms with Gasteiger partial charge in [0.1, 0.15) is 5.58 Å². The van der Waals surface area contributed by atoms with Gasteiger partial charge in [0.15, 0.2) is 5.58 Å². The van der Waals surface area contributed by atoms with E-state index in [-0.39, 0.29) is 43.3 Å². The first kappa shape index (κ1) is 54.9. The third-order valence-corrected chi connectivity index (χ3v) is 15.5. The van der Waals surface area contributed by atoms with E-state index in [1.165, 1.54) is 44.5 Å². The van der Waals surface area contributed by atoms with Gasteiger partial charge in [-0.3, -0.25) is 4.89 Å². The van der Waals surface area contributed by atoms with Crippen LogP contribution in [0.3, 0.4) is 0 Å². The molecule has 10 rings (SSSR count). The molecule has 0 spiro atoms. The van der Waals surface area contributed by atoms with Crippen molar-refractivity contribution in [3.8, 4) is 44.5 Å². The average molecular weight is 985 g/mol. The zero-order valence-electron chi connectivity index (χ0n) is 48.9. The molecule has 1 unspecified atom stereocenters. The molecule has 72 heavy (non-hydrogen) atoms. The molecule has 0 fully saturated rings. The lowest BCUT2D eigenvalue weighted by Gasteiger charge is -2.34. The van der Waals surface area contributed by atoms with E-state index < -0.39 is 8.24 Å². The molecule has 4 bridgehead atoms. The summed E-state index contributed by atoms with van der Waals surface area (Å²) in [5, 5.41) is 2.20. The molecule has 1 atom stereocenters. The van der Waals surface area contributed by atoms with Gasteiger partial charge in [-0.1, -0.05) is 251 Å². The summed E-state index contributed by atoms with van der Waals surface area (Å²) >= 11 is 0. The fourth-order valence-corrected chi connectivity index (χ4v) is 11.1. The zero-order valence-corrected chi connectivity index (χ0v) is 49.8. The molecule has 0 aliphatic carbocycles. The largest absolute Gasteiger partial charge is 0.400 e. The second kappa shape index (κ2) is 18.2. The van der Waals surface area contributed by atoms with Gasteiger partial charge in [-0.15, -0.1) is 0 Å². The molecular weight excluding hydrogens is 896 g/mol. The maximum Gasteiger partial charge on any atom is 0.384 e. The highest BCUT2D eigenvalue weighted by Gasteiger charge is 2.36. The van der Waals surface area contributed by atoms with E-state index in [0.717, 1.165) is 55.3 Å². The molecule has 10 aromatic rings. The average Bonchev–Trinajstić information content (AvgIpc) is 3.29. The van der Waals surface area contributed by atoms with Crippen molar-refractivity contribution in [2.75, 3.05) is 0 Å². The lowest BCUT2D eigenvalue weighted by Crippen LogP contribution is -2.20. The van der Waals surface area contributed by atoms with Crippen molar-refractivity contribution in [1.82, 2.24) is 0 Å². The second-order valence-corrected chi connectivity index (χ2v) is 30.0. The third-order valence-electron chi connectivity index (χ3n) is 14.8. The van der Waals surface area contributed by atoms with Crippen molar-refractivity contribution in [2.24, 2.45) is 0 Å². The number of hydrogen-bond donors (Lipinski definition) is 1. The number of rotatable bonds is 4. The molecule has 0 radical (unpaired) electrons. The first-order valence-electron chi connectivity index (χ1n) is 26.5. The van der Waals surface area contributed by atoms with Crippen LogP contribution in [0.2, 0.25) is 0 Å². The molecule has 1 N–H and O–H groups in total. The summed E-state index contributed by atoms with van der Waals surface area (Å²) in [6.07, 6.45) is 0. The summed E-state index contributed by atoms with van der Waals surface area (Å²) in [7, 11) is -2.52. The topological polar surface area (TPSA) is 46.5 Å². The van der Waals surface area contributed by atoms with Gasteiger partial charge in [0.2, 0.25) is 0 Å². The van der Waals surface area contributed by atoms with Crippen LogP contribution in [0.4, 0.5) is 0 Å². The van der Waals surface area contributed by atoms with Crippen LogP contribution >= 0.6 is 8.24 Å². The predicted molar refractivity (Wildman–Crippen MR) is 315 cm³/mol. The van der Waals surface area contributed by atoms with Gasteiger partial charge in [-0.2, -0.15) is 0 Å².